The molecule has 15 rings (SSSR count). The second-order valence-electron chi connectivity index (χ2n) is 34.2. The van der Waals surface area contributed by atoms with E-state index in [1.54, 1.807) is 0 Å². The average Bonchev–Trinajstić information content (AvgIpc) is 0.787. The number of hydrogen-bond donors (Lipinski definition) is 3. The van der Waals surface area contributed by atoms with Gasteiger partial charge in [-0.2, -0.15) is 0 Å². The molecule has 0 radical (unpaired) electrons. The van der Waals surface area contributed by atoms with Crippen molar-refractivity contribution in [3.05, 3.63) is 499 Å². The van der Waals surface area contributed by atoms with Gasteiger partial charge in [0.15, 0.2) is 0 Å². The number of aliphatic hydroxyl groups is 3. The lowest BCUT2D eigenvalue weighted by Crippen LogP contribution is -2.26. The summed E-state index contributed by atoms with van der Waals surface area (Å²) in [4.78, 5) is 0. The summed E-state index contributed by atoms with van der Waals surface area (Å²) in [5, 5.41) is 35.9. The summed E-state index contributed by atoms with van der Waals surface area (Å²) in [6.45, 7) is 20.2. The summed E-state index contributed by atoms with van der Waals surface area (Å²) in [5.74, 6) is 3.95. The molecule has 0 aliphatic rings. The van der Waals surface area contributed by atoms with Gasteiger partial charge in [-0.1, -0.05) is 408 Å². The molecule has 3 N–H and O–H groups in total. The predicted molar refractivity (Wildman–Crippen MR) is 516 cm³/mol. The third-order valence-corrected chi connectivity index (χ3v) is 25.7. The summed E-state index contributed by atoms with van der Waals surface area (Å²) in [6.07, 6.45) is -2.95. The molecule has 0 fully saturated rings. The molecule has 0 saturated carbocycles. The van der Waals surface area contributed by atoms with Crippen molar-refractivity contribution in [1.82, 2.24) is 0 Å². The lowest BCUT2D eigenvalue weighted by atomic mass is 9.81. The van der Waals surface area contributed by atoms with E-state index in [1.807, 2.05) is 72.8 Å². The van der Waals surface area contributed by atoms with Crippen molar-refractivity contribution in [2.24, 2.45) is 0 Å². The molecule has 0 aromatic heterocycles. The van der Waals surface area contributed by atoms with Crippen molar-refractivity contribution in [3.8, 4) is 34.5 Å². The molecule has 0 aliphatic carbocycles. The number of ether oxygens (including phenoxy) is 6. The molecular weight excluding hydrogens is 1560 g/mol. The zero-order valence-corrected chi connectivity index (χ0v) is 74.4. The van der Waals surface area contributed by atoms with Crippen LogP contribution in [0.1, 0.15) is 238 Å². The fourth-order valence-corrected chi connectivity index (χ4v) is 17.7. The number of aliphatic hydroxyl groups excluding tert-OH is 3. The van der Waals surface area contributed by atoms with Gasteiger partial charge < -0.3 is 43.7 Å². The SMILES string of the molecule is CC(c1ccccc1)c1cc(C(C)c2ccccc2)c(OCC(O)COc2ccc(C(c3ccc(OCC(O)COc4c(C(C)c5ccccc5)cc(C(C)c5ccccc5)cc4C(C)c4ccccc4)cc3)c3ccc(OCC(O)COc4c(C(C)c5ccccc5)cc(C(C)c5ccccc5)cc4C(C)c4ccccc4)cc3)cc2)c(C(C)c2ccccc2)c1. The topological polar surface area (TPSA) is 116 Å². The minimum absolute atomic E-state index is 0.00137. The highest BCUT2D eigenvalue weighted by Gasteiger charge is 2.31. The van der Waals surface area contributed by atoms with Crippen molar-refractivity contribution < 1.29 is 43.7 Å². The van der Waals surface area contributed by atoms with E-state index in [2.05, 4.69) is 372 Å². The predicted octanol–water partition coefficient (Wildman–Crippen LogP) is 26.7. The highest BCUT2D eigenvalue weighted by Crippen LogP contribution is 2.48. The first-order valence-electron chi connectivity index (χ1n) is 45.1. The lowest BCUT2D eigenvalue weighted by molar-refractivity contribution is 0.0618. The van der Waals surface area contributed by atoms with Crippen molar-refractivity contribution in [1.29, 1.82) is 0 Å². The van der Waals surface area contributed by atoms with Crippen molar-refractivity contribution in [2.75, 3.05) is 39.6 Å². The van der Waals surface area contributed by atoms with Crippen LogP contribution in [-0.4, -0.2) is 73.3 Å². The molecule has 12 atom stereocenters. The minimum atomic E-state index is -0.983. The van der Waals surface area contributed by atoms with E-state index in [4.69, 9.17) is 28.4 Å². The molecule has 0 saturated heterocycles. The van der Waals surface area contributed by atoms with Gasteiger partial charge in [-0.25, -0.2) is 0 Å². The summed E-state index contributed by atoms with van der Waals surface area (Å²) < 4.78 is 40.3. The zero-order valence-electron chi connectivity index (χ0n) is 74.4. The van der Waals surface area contributed by atoms with E-state index < -0.39 is 18.3 Å². The van der Waals surface area contributed by atoms with Crippen LogP contribution in [0.25, 0.3) is 0 Å². The molecule has 9 nitrogen and oxygen atoms in total. The van der Waals surface area contributed by atoms with Gasteiger partial charge in [0.2, 0.25) is 0 Å². The molecule has 0 bridgehead atoms. The summed E-state index contributed by atoms with van der Waals surface area (Å²) in [7, 11) is 0. The quantitative estimate of drug-likeness (QED) is 0.0324. The van der Waals surface area contributed by atoms with Crippen LogP contribution in [0.15, 0.2) is 382 Å². The molecule has 15 aromatic rings. The molecule has 0 aliphatic heterocycles. The molecule has 644 valence electrons. The normalized spacial score (nSPS) is 14.6. The summed E-state index contributed by atoms with van der Waals surface area (Å²) in [5.41, 5.74) is 23.6. The van der Waals surface area contributed by atoms with Gasteiger partial charge in [0.25, 0.3) is 0 Å². The first-order valence-corrected chi connectivity index (χ1v) is 45.1. The van der Waals surface area contributed by atoms with Crippen LogP contribution >= 0.6 is 0 Å². The van der Waals surface area contributed by atoms with E-state index in [0.717, 1.165) is 67.3 Å². The Kier molecular flexibility index (Phi) is 29.9. The number of rotatable bonds is 39. The largest absolute Gasteiger partial charge is 0.491 e. The Bertz CT molecular complexity index is 5120. The molecule has 0 amide bonds. The van der Waals surface area contributed by atoms with Crippen LogP contribution in [0, 0.1) is 0 Å². The molecule has 9 heteroatoms. The van der Waals surface area contributed by atoms with E-state index in [1.165, 1.54) is 66.8 Å². The summed E-state index contributed by atoms with van der Waals surface area (Å²) in [6, 6.07) is 133. The number of hydrogen-bond acceptors (Lipinski definition) is 9. The van der Waals surface area contributed by atoms with E-state index in [9.17, 15) is 15.3 Å². The zero-order chi connectivity index (χ0) is 88.1. The van der Waals surface area contributed by atoms with Gasteiger partial charge in [-0.15, -0.1) is 0 Å². The first-order chi connectivity index (χ1) is 62.0. The summed E-state index contributed by atoms with van der Waals surface area (Å²) >= 11 is 0. The number of benzene rings is 15. The van der Waals surface area contributed by atoms with E-state index >= 15 is 0 Å². The maximum atomic E-state index is 12.0. The molecule has 127 heavy (non-hydrogen) atoms. The monoisotopic (exact) mass is 1680 g/mol. The highest BCUT2D eigenvalue weighted by molar-refractivity contribution is 5.59. The van der Waals surface area contributed by atoms with Gasteiger partial charge in [0.05, 0.1) is 0 Å². The van der Waals surface area contributed by atoms with Crippen molar-refractivity contribution >= 4 is 0 Å². The van der Waals surface area contributed by atoms with Gasteiger partial charge in [-0.3, -0.25) is 0 Å². The van der Waals surface area contributed by atoms with E-state index in [0.29, 0.717) is 17.2 Å². The van der Waals surface area contributed by atoms with Gasteiger partial charge >= 0.3 is 0 Å². The maximum Gasteiger partial charge on any atom is 0.127 e. The Labute approximate surface area is 752 Å². The Hall–Kier alpha value is -13.0. The van der Waals surface area contributed by atoms with Crippen LogP contribution in [0.5, 0.6) is 34.5 Å². The molecule has 12 unspecified atom stereocenters. The molecule has 15 aromatic carbocycles. The Balaban J connectivity index is 0.681. The molecular formula is C118H118O9. The smallest absolute Gasteiger partial charge is 0.127 e. The highest BCUT2D eigenvalue weighted by atomic mass is 16.5. The van der Waals surface area contributed by atoms with E-state index in [-0.39, 0.29) is 98.8 Å². The molecule has 0 spiro atoms. The minimum Gasteiger partial charge on any atom is -0.491 e. The fraction of sp³-hybridized carbons (Fsp3) is 0.237. The first kappa shape index (κ1) is 88.8. The standard InChI is InChI=1S/C118H118O9/c1-79(88-37-19-10-20-38-88)100-67-109(82(4)91-43-25-13-26-44-91)116(110(68-100)83(5)92-45-27-14-28-46-92)125-76-103(119)73-122-106-61-55-97(56-62-106)115(98-57-63-107(64-58-98)123-74-104(120)77-126-117-111(84(6)93-47-29-15-30-48-93)69-101(80(2)89-39-21-11-22-40-89)70-112(117)85(7)94-49-31-16-32-50-94)99-59-65-108(66-60-99)124-75-105(121)78-127-118-113(86(8)95-51-33-17-34-52-95)71-102(81(3)90-41-23-12-24-42-90)72-114(118)87(9)96-53-35-18-36-54-96/h10-72,79-87,103-105,115,119-121H,73-78H2,1-9H3. The Morgan fingerprint density at radius 1 is 0.165 bits per heavy atom. The second-order valence-corrected chi connectivity index (χ2v) is 34.2. The fourth-order valence-electron chi connectivity index (χ4n) is 17.7. The maximum absolute atomic E-state index is 12.0. The third kappa shape index (κ3) is 22.1. The van der Waals surface area contributed by atoms with Crippen LogP contribution in [0.3, 0.4) is 0 Å². The van der Waals surface area contributed by atoms with Gasteiger partial charge in [0.1, 0.15) is 92.5 Å². The van der Waals surface area contributed by atoms with Crippen LogP contribution in [0.2, 0.25) is 0 Å². The van der Waals surface area contributed by atoms with Gasteiger partial charge in [0, 0.05) is 92.6 Å². The average molecular weight is 1680 g/mol. The lowest BCUT2D eigenvalue weighted by Gasteiger charge is -2.27. The van der Waals surface area contributed by atoms with Crippen LogP contribution in [0.4, 0.5) is 0 Å². The molecule has 0 heterocycles. The Morgan fingerprint density at radius 2 is 0.315 bits per heavy atom. The van der Waals surface area contributed by atoms with Gasteiger partial charge in [-0.05, 0) is 120 Å². The van der Waals surface area contributed by atoms with Crippen LogP contribution < -0.4 is 28.4 Å². The van der Waals surface area contributed by atoms with Crippen molar-refractivity contribution in [3.63, 3.8) is 0 Å². The van der Waals surface area contributed by atoms with Crippen LogP contribution in [-0.2, 0) is 0 Å². The van der Waals surface area contributed by atoms with Crippen molar-refractivity contribution in [2.45, 2.75) is 140 Å². The second kappa shape index (κ2) is 42.8. The third-order valence-electron chi connectivity index (χ3n) is 25.7. The Morgan fingerprint density at radius 3 is 0.480 bits per heavy atom.